The van der Waals surface area contributed by atoms with Crippen LogP contribution in [0.3, 0.4) is 0 Å². The van der Waals surface area contributed by atoms with Crippen molar-refractivity contribution >= 4 is 11.6 Å². The number of hydrogen-bond acceptors (Lipinski definition) is 4. The molecule has 0 spiro atoms. The molecule has 2 aromatic rings. The number of benzene rings is 2. The quantitative estimate of drug-likeness (QED) is 0.576. The van der Waals surface area contributed by atoms with Gasteiger partial charge in [-0.1, -0.05) is 18.2 Å². The summed E-state index contributed by atoms with van der Waals surface area (Å²) in [6, 6.07) is 17.3. The van der Waals surface area contributed by atoms with E-state index in [2.05, 4.69) is 11.4 Å². The molecule has 0 fully saturated rings. The zero-order valence-electron chi connectivity index (χ0n) is 15.7. The number of unbranched alkanes of at least 4 members (excludes halogenated alkanes) is 2. The van der Waals surface area contributed by atoms with E-state index in [0.717, 1.165) is 18.6 Å². The smallest absolute Gasteiger partial charge is 0.224 e. The topological polar surface area (TPSA) is 71.3 Å². The van der Waals surface area contributed by atoms with E-state index < -0.39 is 0 Å². The molecule has 142 valence electrons. The largest absolute Gasteiger partial charge is 0.494 e. The highest BCUT2D eigenvalue weighted by molar-refractivity contribution is 5.90. The minimum atomic E-state index is -0.0211. The van der Waals surface area contributed by atoms with E-state index in [0.29, 0.717) is 43.9 Å². The zero-order valence-corrected chi connectivity index (χ0v) is 15.7. The van der Waals surface area contributed by atoms with Crippen LogP contribution in [0, 0.1) is 18.3 Å². The first-order valence-electron chi connectivity index (χ1n) is 9.26. The van der Waals surface area contributed by atoms with E-state index in [4.69, 9.17) is 14.7 Å². The molecule has 1 N–H and O–H groups in total. The Kier molecular flexibility index (Phi) is 8.72. The predicted molar refractivity (Wildman–Crippen MR) is 106 cm³/mol. The first-order valence-corrected chi connectivity index (χ1v) is 9.26. The maximum Gasteiger partial charge on any atom is 0.224 e. The summed E-state index contributed by atoms with van der Waals surface area (Å²) in [6.07, 6.45) is 3.21. The van der Waals surface area contributed by atoms with Crippen LogP contribution in [0.4, 0.5) is 5.69 Å². The summed E-state index contributed by atoms with van der Waals surface area (Å²) in [7, 11) is 0. The molecule has 2 rings (SSSR count). The Balaban J connectivity index is 1.64. The highest BCUT2D eigenvalue weighted by atomic mass is 16.5. The molecular formula is C22H26N2O3. The van der Waals surface area contributed by atoms with E-state index in [1.807, 2.05) is 49.4 Å². The third-order valence-electron chi connectivity index (χ3n) is 3.88. The van der Waals surface area contributed by atoms with Gasteiger partial charge in [-0.25, -0.2) is 0 Å². The van der Waals surface area contributed by atoms with Gasteiger partial charge in [0.2, 0.25) is 5.91 Å². The normalized spacial score (nSPS) is 10.1. The third-order valence-corrected chi connectivity index (χ3v) is 3.88. The van der Waals surface area contributed by atoms with E-state index in [1.54, 1.807) is 6.07 Å². The maximum atomic E-state index is 12.1. The molecule has 27 heavy (non-hydrogen) atoms. The van der Waals surface area contributed by atoms with Crippen LogP contribution in [0.2, 0.25) is 0 Å². The summed E-state index contributed by atoms with van der Waals surface area (Å²) in [5.74, 6) is 1.54. The van der Waals surface area contributed by atoms with Crippen molar-refractivity contribution in [2.75, 3.05) is 18.5 Å². The summed E-state index contributed by atoms with van der Waals surface area (Å²) < 4.78 is 11.3. The molecule has 1 amide bonds. The highest BCUT2D eigenvalue weighted by Gasteiger charge is 2.04. The molecule has 0 aromatic heterocycles. The Bertz CT molecular complexity index is 768. The van der Waals surface area contributed by atoms with Gasteiger partial charge in [0.25, 0.3) is 0 Å². The fraction of sp³-hybridized carbons (Fsp3) is 0.364. The number of nitrogens with zero attached hydrogens (tertiary/aromatic N) is 1. The first kappa shape index (κ1) is 20.3. The van der Waals surface area contributed by atoms with Crippen LogP contribution in [-0.2, 0) is 4.79 Å². The number of carbonyl (C=O) groups excluding carboxylic acids is 1. The SMILES string of the molecule is Cc1cccc(OCCCCC(=O)Nc2cccc(OCCCC#N)c2)c1. The van der Waals surface area contributed by atoms with Gasteiger partial charge in [0.1, 0.15) is 11.5 Å². The highest BCUT2D eigenvalue weighted by Crippen LogP contribution is 2.18. The van der Waals surface area contributed by atoms with Gasteiger partial charge in [0, 0.05) is 24.6 Å². The summed E-state index contributed by atoms with van der Waals surface area (Å²) >= 11 is 0. The van der Waals surface area contributed by atoms with Gasteiger partial charge in [-0.15, -0.1) is 0 Å². The lowest BCUT2D eigenvalue weighted by Crippen LogP contribution is -2.11. The van der Waals surface area contributed by atoms with Gasteiger partial charge in [-0.3, -0.25) is 4.79 Å². The Morgan fingerprint density at radius 3 is 2.44 bits per heavy atom. The molecule has 2 aromatic carbocycles. The Hall–Kier alpha value is -3.00. The van der Waals surface area contributed by atoms with Gasteiger partial charge in [-0.05, 0) is 56.0 Å². The van der Waals surface area contributed by atoms with Crippen LogP contribution in [-0.4, -0.2) is 19.1 Å². The van der Waals surface area contributed by atoms with Crippen molar-refractivity contribution in [3.63, 3.8) is 0 Å². The monoisotopic (exact) mass is 366 g/mol. The Labute approximate surface area is 160 Å². The standard InChI is InChI=1S/C22H26N2O3/c1-18-8-6-10-20(16-18)26-14-4-2-12-22(25)24-19-9-7-11-21(17-19)27-15-5-3-13-23/h6-11,16-17H,2-5,12,14-15H2,1H3,(H,24,25). The molecule has 0 radical (unpaired) electrons. The van der Waals surface area contributed by atoms with E-state index in [1.165, 1.54) is 5.56 Å². The van der Waals surface area contributed by atoms with Crippen LogP contribution in [0.5, 0.6) is 11.5 Å². The number of nitrogens with one attached hydrogen (secondary N) is 1. The fourth-order valence-electron chi connectivity index (χ4n) is 2.51. The second-order valence-corrected chi connectivity index (χ2v) is 6.31. The lowest BCUT2D eigenvalue weighted by atomic mass is 10.2. The Morgan fingerprint density at radius 2 is 1.70 bits per heavy atom. The number of hydrogen-bond donors (Lipinski definition) is 1. The molecule has 0 atom stereocenters. The van der Waals surface area contributed by atoms with E-state index in [-0.39, 0.29) is 5.91 Å². The zero-order chi connectivity index (χ0) is 19.3. The van der Waals surface area contributed by atoms with Crippen LogP contribution in [0.15, 0.2) is 48.5 Å². The van der Waals surface area contributed by atoms with Gasteiger partial charge in [-0.2, -0.15) is 5.26 Å². The van der Waals surface area contributed by atoms with Crippen molar-refractivity contribution < 1.29 is 14.3 Å². The maximum absolute atomic E-state index is 12.1. The number of amides is 1. The minimum Gasteiger partial charge on any atom is -0.494 e. The summed E-state index contributed by atoms with van der Waals surface area (Å²) in [4.78, 5) is 12.1. The van der Waals surface area contributed by atoms with Crippen molar-refractivity contribution in [1.82, 2.24) is 0 Å². The van der Waals surface area contributed by atoms with Crippen molar-refractivity contribution in [1.29, 1.82) is 5.26 Å². The molecule has 0 unspecified atom stereocenters. The van der Waals surface area contributed by atoms with E-state index >= 15 is 0 Å². The first-order chi connectivity index (χ1) is 13.2. The number of anilines is 1. The summed E-state index contributed by atoms with van der Waals surface area (Å²) in [5, 5.41) is 11.4. The second kappa shape index (κ2) is 11.6. The van der Waals surface area contributed by atoms with Crippen LogP contribution in [0.25, 0.3) is 0 Å². The summed E-state index contributed by atoms with van der Waals surface area (Å²) in [6.45, 7) is 3.12. The minimum absolute atomic E-state index is 0.0211. The van der Waals surface area contributed by atoms with Gasteiger partial charge >= 0.3 is 0 Å². The molecule has 0 saturated carbocycles. The van der Waals surface area contributed by atoms with Crippen molar-refractivity contribution in [3.8, 4) is 17.6 Å². The second-order valence-electron chi connectivity index (χ2n) is 6.31. The number of carbonyl (C=O) groups is 1. The molecule has 0 heterocycles. The molecule has 0 aliphatic heterocycles. The molecule has 0 aliphatic rings. The Morgan fingerprint density at radius 1 is 1.00 bits per heavy atom. The average Bonchev–Trinajstić information content (AvgIpc) is 2.65. The van der Waals surface area contributed by atoms with Gasteiger partial charge < -0.3 is 14.8 Å². The predicted octanol–water partition coefficient (Wildman–Crippen LogP) is 4.87. The molecule has 0 bridgehead atoms. The lowest BCUT2D eigenvalue weighted by molar-refractivity contribution is -0.116. The van der Waals surface area contributed by atoms with Crippen molar-refractivity contribution in [2.45, 2.75) is 39.0 Å². The number of aryl methyl sites for hydroxylation is 1. The van der Waals surface area contributed by atoms with Crippen molar-refractivity contribution in [3.05, 3.63) is 54.1 Å². The summed E-state index contributed by atoms with van der Waals surface area (Å²) in [5.41, 5.74) is 1.89. The fourth-order valence-corrected chi connectivity index (χ4v) is 2.51. The molecular weight excluding hydrogens is 340 g/mol. The molecule has 0 aliphatic carbocycles. The molecule has 5 heteroatoms. The van der Waals surface area contributed by atoms with Crippen LogP contribution < -0.4 is 14.8 Å². The van der Waals surface area contributed by atoms with E-state index in [9.17, 15) is 4.79 Å². The average molecular weight is 366 g/mol. The molecule has 0 saturated heterocycles. The molecule has 5 nitrogen and oxygen atoms in total. The van der Waals surface area contributed by atoms with Crippen LogP contribution >= 0.6 is 0 Å². The number of ether oxygens (including phenoxy) is 2. The lowest BCUT2D eigenvalue weighted by Gasteiger charge is -2.09. The number of rotatable bonds is 11. The van der Waals surface area contributed by atoms with Crippen LogP contribution in [0.1, 0.15) is 37.7 Å². The van der Waals surface area contributed by atoms with Crippen molar-refractivity contribution in [2.24, 2.45) is 0 Å². The van der Waals surface area contributed by atoms with Gasteiger partial charge in [0.05, 0.1) is 19.3 Å². The number of nitriles is 1. The third kappa shape index (κ3) is 8.28. The van der Waals surface area contributed by atoms with Gasteiger partial charge in [0.15, 0.2) is 0 Å².